The highest BCUT2D eigenvalue weighted by atomic mass is 19.1. The van der Waals surface area contributed by atoms with E-state index in [-0.39, 0.29) is 17.0 Å². The van der Waals surface area contributed by atoms with Crippen LogP contribution in [0.5, 0.6) is 5.75 Å². The predicted molar refractivity (Wildman–Crippen MR) is 62.5 cm³/mol. The molecule has 0 aromatic heterocycles. The third-order valence-corrected chi connectivity index (χ3v) is 1.98. The van der Waals surface area contributed by atoms with E-state index in [9.17, 15) is 9.18 Å². The second kappa shape index (κ2) is 4.61. The summed E-state index contributed by atoms with van der Waals surface area (Å²) in [6.07, 6.45) is 0. The predicted octanol–water partition coefficient (Wildman–Crippen LogP) is 2.37. The Kier molecular flexibility index (Phi) is 3.60. The van der Waals surface area contributed by atoms with Crippen LogP contribution in [0.15, 0.2) is 12.1 Å². The molecule has 0 bridgehead atoms. The van der Waals surface area contributed by atoms with Crippen LogP contribution in [-0.2, 0) is 4.74 Å². The van der Waals surface area contributed by atoms with Crippen molar-refractivity contribution in [3.8, 4) is 5.75 Å². The third kappa shape index (κ3) is 3.09. The lowest BCUT2D eigenvalue weighted by molar-refractivity contribution is 0.00703. The Labute approximate surface area is 99.5 Å². The van der Waals surface area contributed by atoms with E-state index in [0.29, 0.717) is 0 Å². The summed E-state index contributed by atoms with van der Waals surface area (Å²) in [5.41, 5.74) is 4.60. The number of nitrogens with two attached hydrogens (primary N) is 1. The molecule has 0 unspecified atom stereocenters. The number of hydrogen-bond donors (Lipinski definition) is 1. The van der Waals surface area contributed by atoms with Crippen LogP contribution in [0.2, 0.25) is 0 Å². The zero-order valence-corrected chi connectivity index (χ0v) is 10.3. The van der Waals surface area contributed by atoms with Gasteiger partial charge in [-0.2, -0.15) is 0 Å². The molecule has 94 valence electrons. The number of ether oxygens (including phenoxy) is 2. The van der Waals surface area contributed by atoms with Crippen LogP contribution in [-0.4, -0.2) is 18.7 Å². The average Bonchev–Trinajstić information content (AvgIpc) is 2.19. The van der Waals surface area contributed by atoms with Crippen molar-refractivity contribution in [1.82, 2.24) is 0 Å². The first-order valence-corrected chi connectivity index (χ1v) is 5.11. The van der Waals surface area contributed by atoms with Crippen LogP contribution in [0.4, 0.5) is 10.1 Å². The molecule has 0 spiro atoms. The molecule has 0 amide bonds. The van der Waals surface area contributed by atoms with Gasteiger partial charge in [0.1, 0.15) is 5.60 Å². The molecule has 1 rings (SSSR count). The molecule has 17 heavy (non-hydrogen) atoms. The molecular formula is C12H16FNO3. The first kappa shape index (κ1) is 13.3. The summed E-state index contributed by atoms with van der Waals surface area (Å²) in [6, 6.07) is 2.72. The molecule has 2 N–H and O–H groups in total. The molecule has 0 aliphatic carbocycles. The SMILES string of the molecule is COc1ccc(C(=O)OC(C)(C)C)c(N)c1F. The van der Waals surface area contributed by atoms with Gasteiger partial charge in [0.25, 0.3) is 0 Å². The summed E-state index contributed by atoms with van der Waals surface area (Å²) in [5, 5.41) is 0. The quantitative estimate of drug-likeness (QED) is 0.637. The topological polar surface area (TPSA) is 61.5 Å². The number of benzene rings is 1. The summed E-state index contributed by atoms with van der Waals surface area (Å²) in [5.74, 6) is -1.41. The van der Waals surface area contributed by atoms with Crippen molar-refractivity contribution in [1.29, 1.82) is 0 Å². The van der Waals surface area contributed by atoms with Gasteiger partial charge in [-0.05, 0) is 32.9 Å². The first-order chi connectivity index (χ1) is 7.76. The molecule has 1 aromatic rings. The van der Waals surface area contributed by atoms with Crippen molar-refractivity contribution >= 4 is 11.7 Å². The van der Waals surface area contributed by atoms with Gasteiger partial charge in [0, 0.05) is 0 Å². The second-order valence-electron chi connectivity index (χ2n) is 4.54. The third-order valence-electron chi connectivity index (χ3n) is 1.98. The number of carbonyl (C=O) groups is 1. The van der Waals surface area contributed by atoms with Crippen molar-refractivity contribution < 1.29 is 18.7 Å². The van der Waals surface area contributed by atoms with E-state index in [4.69, 9.17) is 15.2 Å². The van der Waals surface area contributed by atoms with E-state index in [0.717, 1.165) is 0 Å². The van der Waals surface area contributed by atoms with Gasteiger partial charge in [0.15, 0.2) is 11.6 Å². The highest BCUT2D eigenvalue weighted by molar-refractivity contribution is 5.95. The standard InChI is InChI=1S/C12H16FNO3/c1-12(2,3)17-11(15)7-5-6-8(16-4)9(13)10(7)14/h5-6H,14H2,1-4H3. The van der Waals surface area contributed by atoms with Gasteiger partial charge in [-0.3, -0.25) is 0 Å². The molecule has 0 aliphatic heterocycles. The van der Waals surface area contributed by atoms with Crippen LogP contribution >= 0.6 is 0 Å². The molecule has 0 fully saturated rings. The number of methoxy groups -OCH3 is 1. The monoisotopic (exact) mass is 241 g/mol. The Bertz CT molecular complexity index is 438. The lowest BCUT2D eigenvalue weighted by Crippen LogP contribution is -2.24. The number of esters is 1. The summed E-state index contributed by atoms with van der Waals surface area (Å²) in [7, 11) is 1.32. The summed E-state index contributed by atoms with van der Waals surface area (Å²) >= 11 is 0. The highest BCUT2D eigenvalue weighted by Crippen LogP contribution is 2.27. The molecular weight excluding hydrogens is 225 g/mol. The molecule has 0 saturated heterocycles. The molecule has 1 aromatic carbocycles. The van der Waals surface area contributed by atoms with E-state index in [1.54, 1.807) is 20.8 Å². The zero-order chi connectivity index (χ0) is 13.2. The Morgan fingerprint density at radius 1 is 1.35 bits per heavy atom. The van der Waals surface area contributed by atoms with Gasteiger partial charge in [0.05, 0.1) is 18.4 Å². The van der Waals surface area contributed by atoms with Crippen LogP contribution < -0.4 is 10.5 Å². The van der Waals surface area contributed by atoms with Crippen molar-refractivity contribution in [2.45, 2.75) is 26.4 Å². The normalized spacial score (nSPS) is 11.1. The first-order valence-electron chi connectivity index (χ1n) is 5.11. The van der Waals surface area contributed by atoms with Gasteiger partial charge < -0.3 is 15.2 Å². The molecule has 0 atom stereocenters. The van der Waals surface area contributed by atoms with Gasteiger partial charge in [-0.1, -0.05) is 0 Å². The average molecular weight is 241 g/mol. The molecule has 5 heteroatoms. The van der Waals surface area contributed by atoms with E-state index in [2.05, 4.69) is 0 Å². The van der Waals surface area contributed by atoms with E-state index in [1.807, 2.05) is 0 Å². The summed E-state index contributed by atoms with van der Waals surface area (Å²) in [6.45, 7) is 5.17. The fraction of sp³-hybridized carbons (Fsp3) is 0.417. The number of halogens is 1. The minimum absolute atomic E-state index is 0.00164. The number of nitrogen functional groups attached to an aromatic ring is 1. The largest absolute Gasteiger partial charge is 0.494 e. The van der Waals surface area contributed by atoms with E-state index in [1.165, 1.54) is 19.2 Å². The van der Waals surface area contributed by atoms with Crippen molar-refractivity contribution in [3.05, 3.63) is 23.5 Å². The second-order valence-corrected chi connectivity index (χ2v) is 4.54. The van der Waals surface area contributed by atoms with Crippen molar-refractivity contribution in [2.75, 3.05) is 12.8 Å². The van der Waals surface area contributed by atoms with E-state index < -0.39 is 17.4 Å². The van der Waals surface area contributed by atoms with Crippen LogP contribution in [0, 0.1) is 5.82 Å². The fourth-order valence-corrected chi connectivity index (χ4v) is 1.24. The molecule has 0 radical (unpaired) electrons. The van der Waals surface area contributed by atoms with Gasteiger partial charge in [0.2, 0.25) is 0 Å². The lowest BCUT2D eigenvalue weighted by Gasteiger charge is -2.20. The Hall–Kier alpha value is -1.78. The van der Waals surface area contributed by atoms with Gasteiger partial charge in [-0.15, -0.1) is 0 Å². The summed E-state index contributed by atoms with van der Waals surface area (Å²) < 4.78 is 23.5. The summed E-state index contributed by atoms with van der Waals surface area (Å²) in [4.78, 5) is 11.7. The minimum Gasteiger partial charge on any atom is -0.494 e. The van der Waals surface area contributed by atoms with Gasteiger partial charge >= 0.3 is 5.97 Å². The van der Waals surface area contributed by atoms with Gasteiger partial charge in [-0.25, -0.2) is 9.18 Å². The fourth-order valence-electron chi connectivity index (χ4n) is 1.24. The smallest absolute Gasteiger partial charge is 0.340 e. The molecule has 0 saturated carbocycles. The molecule has 4 nitrogen and oxygen atoms in total. The van der Waals surface area contributed by atoms with Crippen molar-refractivity contribution in [3.63, 3.8) is 0 Å². The molecule has 0 aliphatic rings. The lowest BCUT2D eigenvalue weighted by atomic mass is 10.1. The zero-order valence-electron chi connectivity index (χ0n) is 10.3. The van der Waals surface area contributed by atoms with Crippen LogP contribution in [0.25, 0.3) is 0 Å². The Morgan fingerprint density at radius 2 is 1.94 bits per heavy atom. The Balaban J connectivity index is 3.08. The van der Waals surface area contributed by atoms with Crippen molar-refractivity contribution in [2.24, 2.45) is 0 Å². The van der Waals surface area contributed by atoms with Crippen LogP contribution in [0.3, 0.4) is 0 Å². The maximum absolute atomic E-state index is 13.6. The maximum atomic E-state index is 13.6. The van der Waals surface area contributed by atoms with E-state index >= 15 is 0 Å². The van der Waals surface area contributed by atoms with Crippen LogP contribution in [0.1, 0.15) is 31.1 Å². The Morgan fingerprint density at radius 3 is 2.41 bits per heavy atom. The number of anilines is 1. The number of rotatable bonds is 2. The minimum atomic E-state index is -0.754. The maximum Gasteiger partial charge on any atom is 0.340 e. The molecule has 0 heterocycles. The highest BCUT2D eigenvalue weighted by Gasteiger charge is 2.22. The number of carbonyl (C=O) groups excluding carboxylic acids is 1. The number of hydrogen-bond acceptors (Lipinski definition) is 4.